The minimum atomic E-state index is -0.624. The molecule has 19 heavy (non-hydrogen) atoms. The maximum absolute atomic E-state index is 12.2. The number of hydrogen-bond donors (Lipinski definition) is 2. The highest BCUT2D eigenvalue weighted by molar-refractivity contribution is 6.35. The van der Waals surface area contributed by atoms with Crippen molar-refractivity contribution in [3.63, 3.8) is 0 Å². The Morgan fingerprint density at radius 1 is 1.00 bits per heavy atom. The Hall–Kier alpha value is -1.63. The molecule has 7 heteroatoms. The third-order valence-corrected chi connectivity index (χ3v) is 3.65. The van der Waals surface area contributed by atoms with E-state index in [1.807, 2.05) is 0 Å². The third-order valence-electron chi connectivity index (χ3n) is 3.65. The van der Waals surface area contributed by atoms with E-state index in [0.717, 1.165) is 13.0 Å². The average Bonchev–Trinajstić information content (AvgIpc) is 2.73. The minimum absolute atomic E-state index is 0.435. The van der Waals surface area contributed by atoms with E-state index in [1.165, 1.54) is 4.90 Å². The molecule has 0 aromatic heterocycles. The van der Waals surface area contributed by atoms with E-state index in [9.17, 15) is 14.4 Å². The Balaban J connectivity index is 2.01. The van der Waals surface area contributed by atoms with E-state index in [2.05, 4.69) is 5.32 Å². The molecule has 0 saturated carbocycles. The van der Waals surface area contributed by atoms with E-state index in [-0.39, 0.29) is 0 Å². The Morgan fingerprint density at radius 3 is 2.53 bits per heavy atom. The number of rotatable bonds is 1. The van der Waals surface area contributed by atoms with Crippen LogP contribution in [0.15, 0.2) is 0 Å². The summed E-state index contributed by atoms with van der Waals surface area (Å²) in [5.41, 5.74) is 5.26. The van der Waals surface area contributed by atoms with Crippen LogP contribution in [0, 0.1) is 0 Å². The lowest BCUT2D eigenvalue weighted by molar-refractivity contribution is -0.153. The fraction of sp³-hybridized carbons (Fsp3) is 0.750. The zero-order chi connectivity index (χ0) is 13.8. The fourth-order valence-electron chi connectivity index (χ4n) is 2.61. The number of nitrogens with one attached hydrogen (secondary N) is 1. The number of nitrogens with zero attached hydrogens (tertiary/aromatic N) is 2. The Kier molecular flexibility index (Phi) is 4.36. The van der Waals surface area contributed by atoms with Crippen molar-refractivity contribution in [3.8, 4) is 0 Å². The monoisotopic (exact) mass is 268 g/mol. The van der Waals surface area contributed by atoms with Crippen molar-refractivity contribution in [3.05, 3.63) is 0 Å². The molecule has 2 aliphatic rings. The van der Waals surface area contributed by atoms with Crippen molar-refractivity contribution < 1.29 is 14.4 Å². The predicted octanol–water partition coefficient (Wildman–Crippen LogP) is -1.72. The number of primary amides is 1. The van der Waals surface area contributed by atoms with Gasteiger partial charge in [-0.05, 0) is 25.8 Å². The highest BCUT2D eigenvalue weighted by Gasteiger charge is 2.37. The van der Waals surface area contributed by atoms with E-state index in [0.29, 0.717) is 39.0 Å². The van der Waals surface area contributed by atoms with Crippen LogP contribution in [-0.4, -0.2) is 66.3 Å². The summed E-state index contributed by atoms with van der Waals surface area (Å²) < 4.78 is 0. The lowest BCUT2D eigenvalue weighted by atomic mass is 10.2. The molecule has 2 heterocycles. The average molecular weight is 268 g/mol. The summed E-state index contributed by atoms with van der Waals surface area (Å²) in [5.74, 6) is -1.64. The van der Waals surface area contributed by atoms with Crippen LogP contribution < -0.4 is 11.1 Å². The third kappa shape index (κ3) is 3.04. The molecule has 0 aromatic rings. The van der Waals surface area contributed by atoms with Gasteiger partial charge < -0.3 is 20.9 Å². The van der Waals surface area contributed by atoms with Gasteiger partial charge in [0.05, 0.1) is 0 Å². The predicted molar refractivity (Wildman–Crippen MR) is 68.0 cm³/mol. The quantitative estimate of drug-likeness (QED) is 0.553. The van der Waals surface area contributed by atoms with Crippen molar-refractivity contribution in [2.24, 2.45) is 5.73 Å². The molecule has 2 saturated heterocycles. The molecular weight excluding hydrogens is 248 g/mol. The summed E-state index contributed by atoms with van der Waals surface area (Å²) in [4.78, 5) is 38.5. The molecule has 0 aliphatic carbocycles. The first-order valence-electron chi connectivity index (χ1n) is 6.71. The van der Waals surface area contributed by atoms with Crippen LogP contribution in [0.3, 0.4) is 0 Å². The molecule has 2 rings (SSSR count). The van der Waals surface area contributed by atoms with E-state index < -0.39 is 23.8 Å². The van der Waals surface area contributed by atoms with E-state index in [1.54, 1.807) is 4.90 Å². The number of carbonyl (C=O) groups is 3. The SMILES string of the molecule is NC(=O)C1CCCN1C(=O)C(=O)N1CCCNCC1. The van der Waals surface area contributed by atoms with Gasteiger partial charge in [0.2, 0.25) is 5.91 Å². The summed E-state index contributed by atoms with van der Waals surface area (Å²) in [7, 11) is 0. The van der Waals surface area contributed by atoms with Crippen LogP contribution in [0.25, 0.3) is 0 Å². The molecule has 0 radical (unpaired) electrons. The van der Waals surface area contributed by atoms with Gasteiger partial charge in [-0.25, -0.2) is 0 Å². The van der Waals surface area contributed by atoms with Crippen LogP contribution in [0.4, 0.5) is 0 Å². The van der Waals surface area contributed by atoms with Gasteiger partial charge in [0.25, 0.3) is 0 Å². The molecule has 0 aromatic carbocycles. The second-order valence-electron chi connectivity index (χ2n) is 4.95. The van der Waals surface area contributed by atoms with E-state index >= 15 is 0 Å². The maximum Gasteiger partial charge on any atom is 0.312 e. The normalized spacial score (nSPS) is 24.1. The maximum atomic E-state index is 12.2. The highest BCUT2D eigenvalue weighted by Crippen LogP contribution is 2.17. The topological polar surface area (TPSA) is 95.7 Å². The molecular formula is C12H20N4O3. The number of amides is 3. The van der Waals surface area contributed by atoms with Gasteiger partial charge in [0.1, 0.15) is 6.04 Å². The van der Waals surface area contributed by atoms with Gasteiger partial charge >= 0.3 is 11.8 Å². The summed E-state index contributed by atoms with van der Waals surface area (Å²) in [6.07, 6.45) is 2.10. The highest BCUT2D eigenvalue weighted by atomic mass is 16.2. The molecule has 1 atom stereocenters. The van der Waals surface area contributed by atoms with Crippen LogP contribution in [0.1, 0.15) is 19.3 Å². The molecule has 3 amide bonds. The zero-order valence-corrected chi connectivity index (χ0v) is 10.9. The van der Waals surface area contributed by atoms with Crippen LogP contribution in [0.2, 0.25) is 0 Å². The molecule has 0 spiro atoms. The second kappa shape index (κ2) is 6.01. The second-order valence-corrected chi connectivity index (χ2v) is 4.95. The van der Waals surface area contributed by atoms with Gasteiger partial charge in [-0.2, -0.15) is 0 Å². The molecule has 7 nitrogen and oxygen atoms in total. The Labute approximate surface area is 112 Å². The molecule has 1 unspecified atom stereocenters. The van der Waals surface area contributed by atoms with Gasteiger partial charge in [-0.3, -0.25) is 14.4 Å². The van der Waals surface area contributed by atoms with E-state index in [4.69, 9.17) is 5.73 Å². The van der Waals surface area contributed by atoms with Crippen molar-refractivity contribution in [1.82, 2.24) is 15.1 Å². The summed E-state index contributed by atoms with van der Waals surface area (Å²) >= 11 is 0. The number of likely N-dealkylation sites (tertiary alicyclic amines) is 1. The number of hydrogen-bond acceptors (Lipinski definition) is 4. The molecule has 2 fully saturated rings. The minimum Gasteiger partial charge on any atom is -0.368 e. The fourth-order valence-corrected chi connectivity index (χ4v) is 2.61. The zero-order valence-electron chi connectivity index (χ0n) is 10.9. The van der Waals surface area contributed by atoms with Crippen molar-refractivity contribution in [2.45, 2.75) is 25.3 Å². The van der Waals surface area contributed by atoms with Crippen LogP contribution >= 0.6 is 0 Å². The van der Waals surface area contributed by atoms with Crippen LogP contribution in [0.5, 0.6) is 0 Å². The summed E-state index contributed by atoms with van der Waals surface area (Å²) in [5, 5.41) is 3.17. The summed E-state index contributed by atoms with van der Waals surface area (Å²) in [6.45, 7) is 3.08. The lowest BCUT2D eigenvalue weighted by Gasteiger charge is -2.25. The Morgan fingerprint density at radius 2 is 1.79 bits per heavy atom. The van der Waals surface area contributed by atoms with Crippen LogP contribution in [-0.2, 0) is 14.4 Å². The van der Waals surface area contributed by atoms with Crippen molar-refractivity contribution in [1.29, 1.82) is 0 Å². The van der Waals surface area contributed by atoms with Gasteiger partial charge in [0, 0.05) is 26.2 Å². The standard InChI is InChI=1S/C12H20N4O3/c13-10(17)9-3-1-7-16(9)12(19)11(18)15-6-2-4-14-5-8-15/h9,14H,1-8H2,(H2,13,17). The first-order chi connectivity index (χ1) is 9.11. The molecule has 106 valence electrons. The summed E-state index contributed by atoms with van der Waals surface area (Å²) in [6, 6.07) is -0.624. The largest absolute Gasteiger partial charge is 0.368 e. The molecule has 2 aliphatic heterocycles. The smallest absolute Gasteiger partial charge is 0.312 e. The van der Waals surface area contributed by atoms with Gasteiger partial charge in [-0.15, -0.1) is 0 Å². The van der Waals surface area contributed by atoms with Crippen molar-refractivity contribution in [2.75, 3.05) is 32.7 Å². The van der Waals surface area contributed by atoms with Crippen molar-refractivity contribution >= 4 is 17.7 Å². The first-order valence-corrected chi connectivity index (χ1v) is 6.71. The lowest BCUT2D eigenvalue weighted by Crippen LogP contribution is -2.51. The van der Waals surface area contributed by atoms with Gasteiger partial charge in [-0.1, -0.05) is 0 Å². The number of nitrogens with two attached hydrogens (primary N) is 1. The van der Waals surface area contributed by atoms with Gasteiger partial charge in [0.15, 0.2) is 0 Å². The molecule has 3 N–H and O–H groups in total. The Bertz CT molecular complexity index is 377. The number of carbonyl (C=O) groups excluding carboxylic acids is 3. The first kappa shape index (κ1) is 13.8. The molecule has 0 bridgehead atoms.